The summed E-state index contributed by atoms with van der Waals surface area (Å²) < 4.78 is 0. The maximum atomic E-state index is 11.2. The number of rotatable bonds is 5. The number of hydrogen-bond donors (Lipinski definition) is 2. The predicted octanol–water partition coefficient (Wildman–Crippen LogP) is 3.25. The standard InChI is InChI=1S/C19H21ClN2O3/c20-15-6-7-17(21-18(15)19(24)25)22-10-8-14(9-11-22)16(23)12-13-4-2-1-3-5-13/h1-7,14,16,23H,8-12H2,(H,24,25)/t16-/m1/s1. The molecule has 2 N–H and O–H groups in total. The summed E-state index contributed by atoms with van der Waals surface area (Å²) in [5.41, 5.74) is 1.02. The lowest BCUT2D eigenvalue weighted by atomic mass is 9.88. The van der Waals surface area contributed by atoms with Crippen molar-refractivity contribution in [1.82, 2.24) is 4.98 Å². The molecular formula is C19H21ClN2O3. The second kappa shape index (κ2) is 7.85. The van der Waals surface area contributed by atoms with E-state index in [-0.39, 0.29) is 22.7 Å². The summed E-state index contributed by atoms with van der Waals surface area (Å²) in [7, 11) is 0. The van der Waals surface area contributed by atoms with Crippen molar-refractivity contribution in [3.8, 4) is 0 Å². The van der Waals surface area contributed by atoms with Crippen LogP contribution in [0.5, 0.6) is 0 Å². The Kier molecular flexibility index (Phi) is 5.56. The van der Waals surface area contributed by atoms with Gasteiger partial charge in [-0.25, -0.2) is 9.78 Å². The molecule has 0 spiro atoms. The van der Waals surface area contributed by atoms with Crippen molar-refractivity contribution in [2.75, 3.05) is 18.0 Å². The fraction of sp³-hybridized carbons (Fsp3) is 0.368. The van der Waals surface area contributed by atoms with Crippen LogP contribution in [0.2, 0.25) is 5.02 Å². The first-order valence-electron chi connectivity index (χ1n) is 8.41. The van der Waals surface area contributed by atoms with Gasteiger partial charge in [-0.3, -0.25) is 0 Å². The number of aliphatic hydroxyl groups is 1. The van der Waals surface area contributed by atoms with E-state index in [9.17, 15) is 9.90 Å². The third-order valence-corrected chi connectivity index (χ3v) is 5.03. The van der Waals surface area contributed by atoms with Gasteiger partial charge in [0.15, 0.2) is 5.69 Å². The molecule has 2 aromatic rings. The number of aromatic carboxylic acids is 1. The molecule has 132 valence electrons. The van der Waals surface area contributed by atoms with Gasteiger partial charge in [0.2, 0.25) is 0 Å². The molecule has 0 unspecified atom stereocenters. The number of nitrogens with zero attached hydrogens (tertiary/aromatic N) is 2. The highest BCUT2D eigenvalue weighted by Crippen LogP contribution is 2.27. The minimum Gasteiger partial charge on any atom is -0.476 e. The van der Waals surface area contributed by atoms with Gasteiger partial charge in [0.05, 0.1) is 11.1 Å². The van der Waals surface area contributed by atoms with E-state index in [1.807, 2.05) is 30.3 Å². The Bertz CT molecular complexity index is 731. The molecule has 1 saturated heterocycles. The van der Waals surface area contributed by atoms with Gasteiger partial charge in [-0.15, -0.1) is 0 Å². The molecule has 1 fully saturated rings. The van der Waals surface area contributed by atoms with Gasteiger partial charge in [0, 0.05) is 13.1 Å². The Hall–Kier alpha value is -2.11. The molecule has 1 aliphatic rings. The van der Waals surface area contributed by atoms with E-state index in [0.29, 0.717) is 12.2 Å². The fourth-order valence-corrected chi connectivity index (χ4v) is 3.48. The zero-order valence-electron chi connectivity index (χ0n) is 13.8. The van der Waals surface area contributed by atoms with Gasteiger partial charge in [-0.1, -0.05) is 41.9 Å². The molecule has 25 heavy (non-hydrogen) atoms. The van der Waals surface area contributed by atoms with Crippen molar-refractivity contribution in [3.05, 3.63) is 58.7 Å². The number of piperidine rings is 1. The lowest BCUT2D eigenvalue weighted by molar-refractivity contribution is 0.0691. The van der Waals surface area contributed by atoms with Crippen LogP contribution >= 0.6 is 11.6 Å². The van der Waals surface area contributed by atoms with E-state index < -0.39 is 5.97 Å². The van der Waals surface area contributed by atoms with Crippen molar-refractivity contribution in [1.29, 1.82) is 0 Å². The van der Waals surface area contributed by atoms with E-state index in [1.54, 1.807) is 12.1 Å². The highest BCUT2D eigenvalue weighted by molar-refractivity contribution is 6.33. The molecule has 0 saturated carbocycles. The summed E-state index contributed by atoms with van der Waals surface area (Å²) in [6, 6.07) is 13.3. The maximum absolute atomic E-state index is 11.2. The number of pyridine rings is 1. The number of aromatic nitrogens is 1. The topological polar surface area (TPSA) is 73.7 Å². The third-order valence-electron chi connectivity index (χ3n) is 4.73. The number of anilines is 1. The first kappa shape index (κ1) is 17.7. The Morgan fingerprint density at radius 3 is 2.52 bits per heavy atom. The summed E-state index contributed by atoms with van der Waals surface area (Å²) >= 11 is 5.88. The summed E-state index contributed by atoms with van der Waals surface area (Å²) in [5.74, 6) is -0.263. The molecule has 2 heterocycles. The predicted molar refractivity (Wildman–Crippen MR) is 97.3 cm³/mol. The molecule has 1 aliphatic heterocycles. The van der Waals surface area contributed by atoms with Crippen molar-refractivity contribution >= 4 is 23.4 Å². The number of carboxylic acids is 1. The number of halogens is 1. The first-order valence-corrected chi connectivity index (χ1v) is 8.79. The molecule has 0 bridgehead atoms. The second-order valence-electron chi connectivity index (χ2n) is 6.39. The Labute approximate surface area is 151 Å². The van der Waals surface area contributed by atoms with Gasteiger partial charge in [0.1, 0.15) is 5.82 Å². The molecule has 1 aromatic carbocycles. The lowest BCUT2D eigenvalue weighted by Crippen LogP contribution is -2.39. The highest BCUT2D eigenvalue weighted by atomic mass is 35.5. The quantitative estimate of drug-likeness (QED) is 0.856. The van der Waals surface area contributed by atoms with Gasteiger partial charge in [-0.2, -0.15) is 0 Å². The largest absolute Gasteiger partial charge is 0.476 e. The van der Waals surface area contributed by atoms with Gasteiger partial charge in [0.25, 0.3) is 0 Å². The van der Waals surface area contributed by atoms with E-state index in [1.165, 1.54) is 0 Å². The van der Waals surface area contributed by atoms with Crippen LogP contribution in [0.15, 0.2) is 42.5 Å². The molecule has 5 nitrogen and oxygen atoms in total. The zero-order valence-corrected chi connectivity index (χ0v) is 14.6. The van der Waals surface area contributed by atoms with Crippen LogP contribution in [0, 0.1) is 5.92 Å². The molecule has 1 atom stereocenters. The molecule has 1 aromatic heterocycles. The average Bonchev–Trinajstić information content (AvgIpc) is 2.63. The van der Waals surface area contributed by atoms with Crippen molar-refractivity contribution in [2.24, 2.45) is 5.92 Å². The average molecular weight is 361 g/mol. The number of carboxylic acid groups (broad SMARTS) is 1. The van der Waals surface area contributed by atoms with Crippen LogP contribution in [0.4, 0.5) is 5.82 Å². The summed E-state index contributed by atoms with van der Waals surface area (Å²) in [4.78, 5) is 17.4. The molecule has 0 radical (unpaired) electrons. The van der Waals surface area contributed by atoms with Crippen LogP contribution in [0.25, 0.3) is 0 Å². The van der Waals surface area contributed by atoms with Crippen LogP contribution in [-0.4, -0.2) is 40.4 Å². The summed E-state index contributed by atoms with van der Waals surface area (Å²) in [6.07, 6.45) is 1.99. The van der Waals surface area contributed by atoms with Gasteiger partial charge < -0.3 is 15.1 Å². The van der Waals surface area contributed by atoms with Crippen LogP contribution in [0.3, 0.4) is 0 Å². The minimum atomic E-state index is -1.12. The Morgan fingerprint density at radius 2 is 1.88 bits per heavy atom. The summed E-state index contributed by atoms with van der Waals surface area (Å²) in [6.45, 7) is 1.48. The van der Waals surface area contributed by atoms with Crippen molar-refractivity contribution in [3.63, 3.8) is 0 Å². The normalized spacial score (nSPS) is 16.6. The smallest absolute Gasteiger partial charge is 0.356 e. The van der Waals surface area contributed by atoms with Crippen molar-refractivity contribution in [2.45, 2.75) is 25.4 Å². The van der Waals surface area contributed by atoms with Gasteiger partial charge >= 0.3 is 5.97 Å². The summed E-state index contributed by atoms with van der Waals surface area (Å²) in [5, 5.41) is 19.8. The third kappa shape index (κ3) is 4.30. The number of hydrogen-bond acceptors (Lipinski definition) is 4. The van der Waals surface area contributed by atoms with Crippen molar-refractivity contribution < 1.29 is 15.0 Å². The zero-order chi connectivity index (χ0) is 17.8. The van der Waals surface area contributed by atoms with E-state index in [2.05, 4.69) is 9.88 Å². The number of aliphatic hydroxyl groups excluding tert-OH is 1. The minimum absolute atomic E-state index is 0.120. The van der Waals surface area contributed by atoms with E-state index >= 15 is 0 Å². The molecule has 0 aliphatic carbocycles. The van der Waals surface area contributed by atoms with Crippen LogP contribution in [0.1, 0.15) is 28.9 Å². The number of benzene rings is 1. The highest BCUT2D eigenvalue weighted by Gasteiger charge is 2.26. The lowest BCUT2D eigenvalue weighted by Gasteiger charge is -2.35. The van der Waals surface area contributed by atoms with Gasteiger partial charge in [-0.05, 0) is 42.9 Å². The second-order valence-corrected chi connectivity index (χ2v) is 6.79. The molecule has 3 rings (SSSR count). The maximum Gasteiger partial charge on any atom is 0.356 e. The number of carbonyl (C=O) groups is 1. The first-order chi connectivity index (χ1) is 12.0. The molecule has 6 heteroatoms. The van der Waals surface area contributed by atoms with E-state index in [4.69, 9.17) is 16.7 Å². The monoisotopic (exact) mass is 360 g/mol. The Morgan fingerprint density at radius 1 is 1.20 bits per heavy atom. The van der Waals surface area contributed by atoms with Crippen LogP contribution in [-0.2, 0) is 6.42 Å². The SMILES string of the molecule is O=C(O)c1nc(N2CCC([C@H](O)Cc3ccccc3)CC2)ccc1Cl. The van der Waals surface area contributed by atoms with E-state index in [0.717, 1.165) is 31.5 Å². The Balaban J connectivity index is 1.60. The molecule has 0 amide bonds. The van der Waals surface area contributed by atoms with Crippen LogP contribution < -0.4 is 4.90 Å². The fourth-order valence-electron chi connectivity index (χ4n) is 3.29. The molecular weight excluding hydrogens is 340 g/mol.